The first-order valence-electron chi connectivity index (χ1n) is 9.42. The maximum absolute atomic E-state index is 12.5. The van der Waals surface area contributed by atoms with Gasteiger partial charge in [-0.1, -0.05) is 35.9 Å². The van der Waals surface area contributed by atoms with E-state index in [0.29, 0.717) is 24.4 Å². The van der Waals surface area contributed by atoms with Gasteiger partial charge in [0.15, 0.2) is 12.4 Å². The fraction of sp³-hybridized carbons (Fsp3) is 0.364. The summed E-state index contributed by atoms with van der Waals surface area (Å²) in [4.78, 5) is 28.5. The molecule has 0 aromatic heterocycles. The Balaban J connectivity index is 1.50. The van der Waals surface area contributed by atoms with Crippen molar-refractivity contribution in [3.8, 4) is 5.75 Å². The first-order chi connectivity index (χ1) is 13.4. The van der Waals surface area contributed by atoms with Gasteiger partial charge in [-0.05, 0) is 43.2 Å². The highest BCUT2D eigenvalue weighted by atomic mass is 35.5. The molecule has 28 heavy (non-hydrogen) atoms. The number of benzene rings is 2. The van der Waals surface area contributed by atoms with Gasteiger partial charge in [0.2, 0.25) is 0 Å². The van der Waals surface area contributed by atoms with E-state index in [4.69, 9.17) is 16.3 Å². The van der Waals surface area contributed by atoms with E-state index in [1.807, 2.05) is 48.2 Å². The molecule has 0 saturated carbocycles. The Hall–Kier alpha value is -2.37. The summed E-state index contributed by atoms with van der Waals surface area (Å²) in [5.74, 6) is 0.362. The minimum Gasteiger partial charge on any atom is -0.483 e. The lowest BCUT2D eigenvalue weighted by molar-refractivity contribution is -0.135. The zero-order valence-corrected chi connectivity index (χ0v) is 17.0. The second-order valence-corrected chi connectivity index (χ2v) is 7.51. The molecule has 1 fully saturated rings. The topological polar surface area (TPSA) is 49.9 Å². The van der Waals surface area contributed by atoms with Gasteiger partial charge in [0.25, 0.3) is 5.91 Å². The second-order valence-electron chi connectivity index (χ2n) is 7.08. The number of hydrogen-bond donors (Lipinski definition) is 0. The van der Waals surface area contributed by atoms with E-state index in [2.05, 4.69) is 4.90 Å². The van der Waals surface area contributed by atoms with Crippen LogP contribution in [-0.2, 0) is 11.3 Å². The van der Waals surface area contributed by atoms with Crippen LogP contribution >= 0.6 is 11.6 Å². The molecule has 2 aromatic carbocycles. The van der Waals surface area contributed by atoms with Gasteiger partial charge in [0.05, 0.1) is 5.56 Å². The monoisotopic (exact) mass is 400 g/mol. The molecule has 1 amide bonds. The number of amides is 1. The van der Waals surface area contributed by atoms with Crippen LogP contribution in [0.25, 0.3) is 0 Å². The number of halogens is 1. The van der Waals surface area contributed by atoms with Crippen LogP contribution in [0.15, 0.2) is 42.5 Å². The van der Waals surface area contributed by atoms with E-state index >= 15 is 0 Å². The summed E-state index contributed by atoms with van der Waals surface area (Å²) in [7, 11) is 0. The largest absolute Gasteiger partial charge is 0.483 e. The van der Waals surface area contributed by atoms with E-state index in [9.17, 15) is 9.59 Å². The van der Waals surface area contributed by atoms with Gasteiger partial charge < -0.3 is 9.64 Å². The summed E-state index contributed by atoms with van der Waals surface area (Å²) in [5.41, 5.74) is 2.61. The van der Waals surface area contributed by atoms with E-state index < -0.39 is 0 Å². The van der Waals surface area contributed by atoms with Crippen molar-refractivity contribution in [3.05, 3.63) is 64.2 Å². The number of hydrogen-bond acceptors (Lipinski definition) is 4. The van der Waals surface area contributed by atoms with Crippen molar-refractivity contribution in [2.24, 2.45) is 0 Å². The second kappa shape index (κ2) is 9.22. The molecule has 1 aliphatic heterocycles. The number of carbonyl (C=O) groups excluding carboxylic acids is 2. The Kier molecular flexibility index (Phi) is 6.70. The van der Waals surface area contributed by atoms with E-state index in [-0.39, 0.29) is 18.3 Å². The summed E-state index contributed by atoms with van der Waals surface area (Å²) >= 11 is 5.93. The van der Waals surface area contributed by atoms with Gasteiger partial charge in [0, 0.05) is 37.7 Å². The Morgan fingerprint density at radius 3 is 2.36 bits per heavy atom. The standard InChI is InChI=1S/C22H25ClN2O3/c1-16-4-3-5-20(22(16)17(2)26)28-15-21(27)25-12-10-24(11-13-25)14-18-6-8-19(23)9-7-18/h3-9H,10-15H2,1-2H3. The molecule has 0 bridgehead atoms. The number of nitrogens with zero attached hydrogens (tertiary/aromatic N) is 2. The molecule has 0 N–H and O–H groups in total. The Morgan fingerprint density at radius 1 is 1.04 bits per heavy atom. The average Bonchev–Trinajstić information content (AvgIpc) is 2.68. The Labute approximate surface area is 170 Å². The highest BCUT2D eigenvalue weighted by Gasteiger charge is 2.22. The van der Waals surface area contributed by atoms with Crippen LogP contribution in [0.4, 0.5) is 0 Å². The van der Waals surface area contributed by atoms with Gasteiger partial charge in [-0.3, -0.25) is 14.5 Å². The van der Waals surface area contributed by atoms with Gasteiger partial charge in [-0.2, -0.15) is 0 Å². The van der Waals surface area contributed by atoms with Crippen LogP contribution in [0.1, 0.15) is 28.4 Å². The van der Waals surface area contributed by atoms with Crippen molar-refractivity contribution >= 4 is 23.3 Å². The molecule has 2 aromatic rings. The van der Waals surface area contributed by atoms with Crippen molar-refractivity contribution in [3.63, 3.8) is 0 Å². The minimum atomic E-state index is -0.0589. The molecular weight excluding hydrogens is 376 g/mol. The van der Waals surface area contributed by atoms with Crippen LogP contribution in [0.3, 0.4) is 0 Å². The molecule has 0 radical (unpaired) electrons. The van der Waals surface area contributed by atoms with Crippen molar-refractivity contribution < 1.29 is 14.3 Å². The Morgan fingerprint density at radius 2 is 1.71 bits per heavy atom. The fourth-order valence-electron chi connectivity index (χ4n) is 3.45. The van der Waals surface area contributed by atoms with Gasteiger partial charge in [-0.15, -0.1) is 0 Å². The highest BCUT2D eigenvalue weighted by Crippen LogP contribution is 2.22. The van der Waals surface area contributed by atoms with Crippen LogP contribution in [-0.4, -0.2) is 54.3 Å². The molecule has 0 spiro atoms. The van der Waals surface area contributed by atoms with E-state index in [1.54, 1.807) is 6.07 Å². The third-order valence-corrected chi connectivity index (χ3v) is 5.23. The first-order valence-corrected chi connectivity index (χ1v) is 9.80. The smallest absolute Gasteiger partial charge is 0.260 e. The van der Waals surface area contributed by atoms with Crippen molar-refractivity contribution in [2.75, 3.05) is 32.8 Å². The maximum atomic E-state index is 12.5. The number of piperazine rings is 1. The summed E-state index contributed by atoms with van der Waals surface area (Å²) in [6.45, 7) is 7.14. The highest BCUT2D eigenvalue weighted by molar-refractivity contribution is 6.30. The van der Waals surface area contributed by atoms with Gasteiger partial charge >= 0.3 is 0 Å². The fourth-order valence-corrected chi connectivity index (χ4v) is 3.57. The third kappa shape index (κ3) is 5.12. The normalized spacial score (nSPS) is 14.8. The van der Waals surface area contributed by atoms with Gasteiger partial charge in [-0.25, -0.2) is 0 Å². The van der Waals surface area contributed by atoms with Crippen LogP contribution in [0.5, 0.6) is 5.75 Å². The molecule has 148 valence electrons. The quantitative estimate of drug-likeness (QED) is 0.695. The number of ketones is 1. The van der Waals surface area contributed by atoms with Crippen molar-refractivity contribution in [2.45, 2.75) is 20.4 Å². The van der Waals surface area contributed by atoms with Crippen LogP contribution in [0.2, 0.25) is 5.02 Å². The predicted molar refractivity (Wildman–Crippen MR) is 110 cm³/mol. The van der Waals surface area contributed by atoms with E-state index in [0.717, 1.165) is 30.2 Å². The summed E-state index contributed by atoms with van der Waals surface area (Å²) in [6, 6.07) is 13.3. The number of carbonyl (C=O) groups is 2. The molecule has 1 aliphatic rings. The predicted octanol–water partition coefficient (Wildman–Crippen LogP) is 3.57. The molecule has 0 atom stereocenters. The zero-order chi connectivity index (χ0) is 20.1. The lowest BCUT2D eigenvalue weighted by Crippen LogP contribution is -2.49. The SMILES string of the molecule is CC(=O)c1c(C)cccc1OCC(=O)N1CCN(Cc2ccc(Cl)cc2)CC1. The summed E-state index contributed by atoms with van der Waals surface area (Å²) < 4.78 is 5.69. The Bertz CT molecular complexity index is 843. The van der Waals surface area contributed by atoms with Crippen LogP contribution in [0, 0.1) is 6.92 Å². The summed E-state index contributed by atoms with van der Waals surface area (Å²) in [5, 5.41) is 0.737. The number of Topliss-reactive ketones (excluding diaryl/α,β-unsaturated/α-hetero) is 1. The summed E-state index contributed by atoms with van der Waals surface area (Å²) in [6.07, 6.45) is 0. The lowest BCUT2D eigenvalue weighted by atomic mass is 10.0. The molecule has 0 unspecified atom stereocenters. The third-order valence-electron chi connectivity index (χ3n) is 4.98. The molecule has 6 heteroatoms. The van der Waals surface area contributed by atoms with Crippen molar-refractivity contribution in [1.29, 1.82) is 0 Å². The maximum Gasteiger partial charge on any atom is 0.260 e. The molecular formula is C22H25ClN2O3. The number of ether oxygens (including phenoxy) is 1. The molecule has 1 heterocycles. The number of aryl methyl sites for hydroxylation is 1. The molecule has 1 saturated heterocycles. The minimum absolute atomic E-state index is 0.0536. The molecule has 5 nitrogen and oxygen atoms in total. The van der Waals surface area contributed by atoms with Gasteiger partial charge in [0.1, 0.15) is 5.75 Å². The van der Waals surface area contributed by atoms with E-state index in [1.165, 1.54) is 12.5 Å². The number of rotatable bonds is 6. The average molecular weight is 401 g/mol. The first kappa shape index (κ1) is 20.4. The molecule has 3 rings (SSSR count). The molecule has 0 aliphatic carbocycles. The van der Waals surface area contributed by atoms with Crippen LogP contribution < -0.4 is 4.74 Å². The van der Waals surface area contributed by atoms with Crippen molar-refractivity contribution in [1.82, 2.24) is 9.80 Å². The lowest BCUT2D eigenvalue weighted by Gasteiger charge is -2.34. The zero-order valence-electron chi connectivity index (χ0n) is 16.3.